The molecule has 0 radical (unpaired) electrons. The highest BCUT2D eigenvalue weighted by Gasteiger charge is 2.33. The van der Waals surface area contributed by atoms with E-state index >= 15 is 0 Å². The summed E-state index contributed by atoms with van der Waals surface area (Å²) in [6.45, 7) is 10.4. The van der Waals surface area contributed by atoms with Gasteiger partial charge in [0.2, 0.25) is 5.91 Å². The van der Waals surface area contributed by atoms with E-state index in [1.807, 2.05) is 83.2 Å². The predicted octanol–water partition coefficient (Wildman–Crippen LogP) is 6.28. The van der Waals surface area contributed by atoms with Gasteiger partial charge in [-0.25, -0.2) is 4.79 Å². The molecule has 0 aliphatic carbocycles. The second-order valence-electron chi connectivity index (χ2n) is 9.08. The monoisotopic (exact) mass is 460 g/mol. The Labute approximate surface area is 204 Å². The van der Waals surface area contributed by atoms with E-state index < -0.39 is 6.04 Å². The highest BCUT2D eigenvalue weighted by Crippen LogP contribution is 2.25. The number of hydrogen-bond acceptors (Lipinski definition) is 4. The van der Waals surface area contributed by atoms with Gasteiger partial charge >= 0.3 is 5.97 Å². The average Bonchev–Trinajstić information content (AvgIpc) is 2.82. The van der Waals surface area contributed by atoms with Gasteiger partial charge in [-0.15, -0.1) is 0 Å². The summed E-state index contributed by atoms with van der Waals surface area (Å²) >= 11 is 0. The number of allylic oxidation sites excluding steroid dienone is 1. The smallest absolute Gasteiger partial charge is 0.329 e. The van der Waals surface area contributed by atoms with Crippen molar-refractivity contribution in [1.29, 1.82) is 5.26 Å². The van der Waals surface area contributed by atoms with E-state index in [0.717, 1.165) is 35.1 Å². The fraction of sp³-hybridized carbons (Fsp3) is 0.414. The molecular weight excluding hydrogens is 424 g/mol. The second-order valence-corrected chi connectivity index (χ2v) is 9.08. The second kappa shape index (κ2) is 13.3. The van der Waals surface area contributed by atoms with E-state index in [9.17, 15) is 14.9 Å². The van der Waals surface area contributed by atoms with E-state index in [1.165, 1.54) is 0 Å². The summed E-state index contributed by atoms with van der Waals surface area (Å²) in [6.07, 6.45) is 3.94. The maximum absolute atomic E-state index is 13.2. The Hall–Kier alpha value is -3.39. The molecule has 34 heavy (non-hydrogen) atoms. The van der Waals surface area contributed by atoms with Gasteiger partial charge < -0.3 is 9.64 Å². The summed E-state index contributed by atoms with van der Waals surface area (Å²) in [5, 5.41) is 9.40. The van der Waals surface area contributed by atoms with Gasteiger partial charge in [-0.05, 0) is 55.0 Å². The predicted molar refractivity (Wildman–Crippen MR) is 136 cm³/mol. The van der Waals surface area contributed by atoms with Gasteiger partial charge in [-0.1, -0.05) is 75.2 Å². The van der Waals surface area contributed by atoms with Crippen molar-refractivity contribution in [1.82, 2.24) is 4.90 Å². The van der Waals surface area contributed by atoms with E-state index in [0.29, 0.717) is 18.5 Å². The van der Waals surface area contributed by atoms with Gasteiger partial charge in [-0.2, -0.15) is 5.26 Å². The van der Waals surface area contributed by atoms with Crippen LogP contribution in [-0.4, -0.2) is 29.4 Å². The standard InChI is InChI=1S/C29H36N2O3/c1-6-7-12-27(32)31(28(22(4)5)29(33)34-18-17-21(2)3)20-23-13-15-24(16-14-23)26-11-9-8-10-25(26)19-30/h8-11,13-17,22,28H,6-7,12,18,20H2,1-5H3. The summed E-state index contributed by atoms with van der Waals surface area (Å²) < 4.78 is 5.51. The molecule has 0 aliphatic rings. The van der Waals surface area contributed by atoms with Crippen LogP contribution in [0.25, 0.3) is 11.1 Å². The van der Waals surface area contributed by atoms with Gasteiger partial charge in [0, 0.05) is 13.0 Å². The number of carbonyl (C=O) groups excluding carboxylic acids is 2. The van der Waals surface area contributed by atoms with Gasteiger partial charge in [0.25, 0.3) is 0 Å². The number of benzene rings is 2. The normalized spacial score (nSPS) is 11.4. The Balaban J connectivity index is 2.31. The molecule has 5 heteroatoms. The first-order valence-corrected chi connectivity index (χ1v) is 12.0. The van der Waals surface area contributed by atoms with E-state index in [2.05, 4.69) is 6.07 Å². The molecule has 0 saturated carbocycles. The molecule has 0 aliphatic heterocycles. The molecule has 0 spiro atoms. The zero-order valence-corrected chi connectivity index (χ0v) is 21.0. The zero-order chi connectivity index (χ0) is 25.1. The van der Waals surface area contributed by atoms with Crippen LogP contribution in [0.5, 0.6) is 0 Å². The third-order valence-electron chi connectivity index (χ3n) is 5.66. The van der Waals surface area contributed by atoms with Crippen LogP contribution in [-0.2, 0) is 20.9 Å². The van der Waals surface area contributed by atoms with Gasteiger partial charge in [-0.3, -0.25) is 4.79 Å². The Morgan fingerprint density at radius 3 is 2.35 bits per heavy atom. The van der Waals surface area contributed by atoms with E-state index in [-0.39, 0.29) is 24.4 Å². The minimum Gasteiger partial charge on any atom is -0.460 e. The highest BCUT2D eigenvalue weighted by atomic mass is 16.5. The first kappa shape index (κ1) is 26.9. The molecule has 2 rings (SSSR count). The Morgan fingerprint density at radius 1 is 1.09 bits per heavy atom. The molecule has 0 N–H and O–H groups in total. The molecule has 1 amide bonds. The SMILES string of the molecule is CCCCC(=O)N(Cc1ccc(-c2ccccc2C#N)cc1)C(C(=O)OCC=C(C)C)C(C)C. The van der Waals surface area contributed by atoms with Crippen LogP contribution in [0.2, 0.25) is 0 Å². The molecule has 2 aromatic carbocycles. The Bertz CT molecular complexity index is 1030. The quantitative estimate of drug-likeness (QED) is 0.292. The largest absolute Gasteiger partial charge is 0.460 e. The molecule has 5 nitrogen and oxygen atoms in total. The summed E-state index contributed by atoms with van der Waals surface area (Å²) in [5.74, 6) is -0.512. The lowest BCUT2D eigenvalue weighted by Crippen LogP contribution is -2.48. The van der Waals surface area contributed by atoms with Crippen LogP contribution in [0.1, 0.15) is 65.0 Å². The first-order chi connectivity index (χ1) is 16.3. The first-order valence-electron chi connectivity index (χ1n) is 12.0. The van der Waals surface area contributed by atoms with Gasteiger partial charge in [0.05, 0.1) is 11.6 Å². The molecule has 0 bridgehead atoms. The molecular formula is C29H36N2O3. The fourth-order valence-corrected chi connectivity index (χ4v) is 3.77. The van der Waals surface area contributed by atoms with Crippen molar-refractivity contribution < 1.29 is 14.3 Å². The third-order valence-corrected chi connectivity index (χ3v) is 5.66. The van der Waals surface area contributed by atoms with Crippen LogP contribution >= 0.6 is 0 Å². The molecule has 2 aromatic rings. The molecule has 0 saturated heterocycles. The van der Waals surface area contributed by atoms with Crippen molar-refractivity contribution in [3.05, 3.63) is 71.3 Å². The topological polar surface area (TPSA) is 70.4 Å². The van der Waals surface area contributed by atoms with Crippen LogP contribution < -0.4 is 0 Å². The molecule has 180 valence electrons. The Morgan fingerprint density at radius 2 is 1.76 bits per heavy atom. The number of unbranched alkanes of at least 4 members (excludes halogenated alkanes) is 1. The molecule has 0 fully saturated rings. The number of carbonyl (C=O) groups is 2. The number of hydrogen-bond donors (Lipinski definition) is 0. The number of nitriles is 1. The highest BCUT2D eigenvalue weighted by molar-refractivity contribution is 5.85. The fourth-order valence-electron chi connectivity index (χ4n) is 3.77. The summed E-state index contributed by atoms with van der Waals surface area (Å²) in [5.41, 5.74) is 4.42. The molecule has 1 atom stereocenters. The molecule has 1 unspecified atom stereocenters. The number of amides is 1. The number of ether oxygens (including phenoxy) is 1. The summed E-state index contributed by atoms with van der Waals surface area (Å²) in [4.78, 5) is 27.9. The van der Waals surface area contributed by atoms with Crippen molar-refractivity contribution in [3.8, 4) is 17.2 Å². The van der Waals surface area contributed by atoms with Gasteiger partial charge in [0.1, 0.15) is 12.6 Å². The minimum absolute atomic E-state index is 0.0429. The van der Waals surface area contributed by atoms with Crippen LogP contribution in [0.3, 0.4) is 0 Å². The van der Waals surface area contributed by atoms with Crippen LogP contribution in [0.15, 0.2) is 60.2 Å². The maximum Gasteiger partial charge on any atom is 0.329 e. The lowest BCUT2D eigenvalue weighted by Gasteiger charge is -2.33. The third kappa shape index (κ3) is 7.59. The van der Waals surface area contributed by atoms with Crippen molar-refractivity contribution in [2.75, 3.05) is 6.61 Å². The van der Waals surface area contributed by atoms with E-state index in [1.54, 1.807) is 11.0 Å². The van der Waals surface area contributed by atoms with Crippen molar-refractivity contribution in [2.24, 2.45) is 5.92 Å². The number of esters is 1. The van der Waals surface area contributed by atoms with E-state index in [4.69, 9.17) is 4.74 Å². The minimum atomic E-state index is -0.658. The van der Waals surface area contributed by atoms with Crippen LogP contribution in [0.4, 0.5) is 0 Å². The lowest BCUT2D eigenvalue weighted by atomic mass is 9.98. The van der Waals surface area contributed by atoms with Crippen molar-refractivity contribution in [2.45, 2.75) is 66.5 Å². The Kier molecular flexibility index (Phi) is 10.5. The van der Waals surface area contributed by atoms with Crippen molar-refractivity contribution >= 4 is 11.9 Å². The summed E-state index contributed by atoms with van der Waals surface area (Å²) in [6, 6.07) is 16.9. The van der Waals surface area contributed by atoms with Crippen molar-refractivity contribution in [3.63, 3.8) is 0 Å². The van der Waals surface area contributed by atoms with Gasteiger partial charge in [0.15, 0.2) is 0 Å². The number of nitrogens with zero attached hydrogens (tertiary/aromatic N) is 2. The lowest BCUT2D eigenvalue weighted by molar-refractivity contribution is -0.157. The maximum atomic E-state index is 13.2. The summed E-state index contributed by atoms with van der Waals surface area (Å²) in [7, 11) is 0. The zero-order valence-electron chi connectivity index (χ0n) is 21.0. The van der Waals surface area contributed by atoms with Crippen LogP contribution in [0, 0.1) is 17.2 Å². The average molecular weight is 461 g/mol. The number of rotatable bonds is 11. The molecule has 0 aromatic heterocycles. The molecule has 0 heterocycles.